The molecule has 0 bridgehead atoms. The maximum absolute atomic E-state index is 13.1. The number of hydrogen-bond acceptors (Lipinski definition) is 5. The number of piperazine rings is 1. The van der Waals surface area contributed by atoms with E-state index in [-0.39, 0.29) is 36.1 Å². The van der Waals surface area contributed by atoms with Crippen molar-refractivity contribution in [1.29, 1.82) is 0 Å². The van der Waals surface area contributed by atoms with E-state index in [0.717, 1.165) is 10.8 Å². The molecule has 0 radical (unpaired) electrons. The summed E-state index contributed by atoms with van der Waals surface area (Å²) in [5.74, 6) is 0.536. The van der Waals surface area contributed by atoms with Crippen LogP contribution in [-0.2, 0) is 21.2 Å². The quantitative estimate of drug-likeness (QED) is 0.404. The molecule has 5 rings (SSSR count). The van der Waals surface area contributed by atoms with Crippen LogP contribution in [0.15, 0.2) is 82.2 Å². The molecule has 0 N–H and O–H groups in total. The lowest BCUT2D eigenvalue weighted by Gasteiger charge is -2.34. The molecule has 1 saturated heterocycles. The summed E-state index contributed by atoms with van der Waals surface area (Å²) in [5, 5.41) is 1.86. The Hall–Kier alpha value is -3.56. The summed E-state index contributed by atoms with van der Waals surface area (Å²) in [6.07, 6.45) is 2.10. The first-order chi connectivity index (χ1) is 16.9. The highest BCUT2D eigenvalue weighted by molar-refractivity contribution is 7.89. The summed E-state index contributed by atoms with van der Waals surface area (Å²) in [5.41, 5.74) is 0.709. The summed E-state index contributed by atoms with van der Waals surface area (Å²) in [4.78, 5) is 18.9. The number of hydrogen-bond donors (Lipinski definition) is 0. The Morgan fingerprint density at radius 1 is 0.943 bits per heavy atom. The van der Waals surface area contributed by atoms with Gasteiger partial charge in [-0.25, -0.2) is 17.8 Å². The van der Waals surface area contributed by atoms with Crippen LogP contribution in [0.4, 0.5) is 4.39 Å². The van der Waals surface area contributed by atoms with Gasteiger partial charge in [0.1, 0.15) is 5.82 Å². The van der Waals surface area contributed by atoms with Crippen LogP contribution in [0.2, 0.25) is 0 Å². The molecule has 2 heterocycles. The summed E-state index contributed by atoms with van der Waals surface area (Å²) < 4.78 is 46.5. The zero-order chi connectivity index (χ0) is 24.4. The van der Waals surface area contributed by atoms with Crippen molar-refractivity contribution >= 4 is 26.7 Å². The van der Waals surface area contributed by atoms with Gasteiger partial charge in [0.05, 0.1) is 11.1 Å². The topological polar surface area (TPSA) is 83.7 Å². The molecule has 9 heteroatoms. The van der Waals surface area contributed by atoms with E-state index < -0.39 is 10.0 Å². The van der Waals surface area contributed by atoms with Gasteiger partial charge in [-0.05, 0) is 47.2 Å². The van der Waals surface area contributed by atoms with Crippen molar-refractivity contribution in [2.75, 3.05) is 26.2 Å². The minimum atomic E-state index is -3.64. The molecule has 7 nitrogen and oxygen atoms in total. The van der Waals surface area contributed by atoms with Crippen LogP contribution < -0.4 is 0 Å². The fourth-order valence-corrected chi connectivity index (χ4v) is 5.66. The molecule has 0 atom stereocenters. The highest BCUT2D eigenvalue weighted by Gasteiger charge is 2.30. The standard InChI is InChI=1S/C26H24FN3O4S/c27-22-8-5-20(6-9-22)24-18-28-25(34-24)11-12-26(31)29-13-15-30(16-14-29)35(32,33)23-10-7-19-3-1-2-4-21(19)17-23/h1-10,17-18H,11-16H2. The van der Waals surface area contributed by atoms with Gasteiger partial charge >= 0.3 is 0 Å². The Morgan fingerprint density at radius 2 is 1.66 bits per heavy atom. The Morgan fingerprint density at radius 3 is 2.40 bits per heavy atom. The number of aryl methyl sites for hydroxylation is 1. The summed E-state index contributed by atoms with van der Waals surface area (Å²) in [7, 11) is -3.64. The number of rotatable bonds is 6. The number of halogens is 1. The van der Waals surface area contributed by atoms with Crippen LogP contribution in [0, 0.1) is 5.82 Å². The minimum Gasteiger partial charge on any atom is -0.441 e. The summed E-state index contributed by atoms with van der Waals surface area (Å²) in [6.45, 7) is 1.15. The van der Waals surface area contributed by atoms with E-state index in [9.17, 15) is 17.6 Å². The Balaban J connectivity index is 1.16. The van der Waals surface area contributed by atoms with Crippen molar-refractivity contribution in [2.24, 2.45) is 0 Å². The maximum atomic E-state index is 13.1. The highest BCUT2D eigenvalue weighted by atomic mass is 32.2. The van der Waals surface area contributed by atoms with E-state index in [1.807, 2.05) is 30.3 Å². The van der Waals surface area contributed by atoms with Crippen LogP contribution >= 0.6 is 0 Å². The fourth-order valence-electron chi connectivity index (χ4n) is 4.20. The van der Waals surface area contributed by atoms with Gasteiger partial charge in [0.2, 0.25) is 15.9 Å². The molecule has 1 aliphatic rings. The number of oxazole rings is 1. The number of amides is 1. The molecule has 1 fully saturated rings. The van der Waals surface area contributed by atoms with Gasteiger partial charge in [-0.1, -0.05) is 30.3 Å². The van der Waals surface area contributed by atoms with E-state index in [1.54, 1.807) is 35.4 Å². The predicted octanol–water partition coefficient (Wildman–Crippen LogP) is 4.10. The normalized spacial score (nSPS) is 14.9. The van der Waals surface area contributed by atoms with Gasteiger partial charge in [0.25, 0.3) is 0 Å². The molecule has 0 unspecified atom stereocenters. The van der Waals surface area contributed by atoms with E-state index in [2.05, 4.69) is 4.98 Å². The van der Waals surface area contributed by atoms with Crippen LogP contribution in [0.1, 0.15) is 12.3 Å². The second kappa shape index (κ2) is 9.59. The average Bonchev–Trinajstić information content (AvgIpc) is 3.36. The molecular weight excluding hydrogens is 469 g/mol. The van der Waals surface area contributed by atoms with Crippen molar-refractivity contribution in [3.63, 3.8) is 0 Å². The highest BCUT2D eigenvalue weighted by Crippen LogP contribution is 2.24. The number of aromatic nitrogens is 1. The van der Waals surface area contributed by atoms with Crippen LogP contribution in [0.3, 0.4) is 0 Å². The average molecular weight is 494 g/mol. The SMILES string of the molecule is O=C(CCc1ncc(-c2ccc(F)cc2)o1)N1CCN(S(=O)(=O)c2ccc3ccccc3c2)CC1. The lowest BCUT2D eigenvalue weighted by molar-refractivity contribution is -0.132. The first-order valence-corrected chi connectivity index (χ1v) is 12.8. The van der Waals surface area contributed by atoms with Gasteiger partial charge in [-0.2, -0.15) is 4.31 Å². The summed E-state index contributed by atoms with van der Waals surface area (Å²) in [6, 6.07) is 18.7. The van der Waals surface area contributed by atoms with E-state index in [1.165, 1.54) is 16.4 Å². The number of sulfonamides is 1. The zero-order valence-corrected chi connectivity index (χ0v) is 19.7. The first-order valence-electron chi connectivity index (χ1n) is 11.4. The van der Waals surface area contributed by atoms with Crippen molar-refractivity contribution in [3.8, 4) is 11.3 Å². The fraction of sp³-hybridized carbons (Fsp3) is 0.231. The minimum absolute atomic E-state index is 0.0747. The number of carbonyl (C=O) groups excluding carboxylic acids is 1. The molecular formula is C26H24FN3O4S. The second-order valence-electron chi connectivity index (χ2n) is 8.42. The molecule has 35 heavy (non-hydrogen) atoms. The van der Waals surface area contributed by atoms with Gasteiger partial charge in [-0.3, -0.25) is 4.79 Å². The molecule has 1 aromatic heterocycles. The monoisotopic (exact) mass is 493 g/mol. The number of fused-ring (bicyclic) bond motifs is 1. The predicted molar refractivity (Wildman–Crippen MR) is 130 cm³/mol. The number of carbonyl (C=O) groups is 1. The van der Waals surface area contributed by atoms with E-state index in [0.29, 0.717) is 36.7 Å². The number of benzene rings is 3. The van der Waals surface area contributed by atoms with Gasteiger partial charge in [-0.15, -0.1) is 0 Å². The largest absolute Gasteiger partial charge is 0.441 e. The second-order valence-corrected chi connectivity index (χ2v) is 10.4. The molecule has 180 valence electrons. The van der Waals surface area contributed by atoms with E-state index in [4.69, 9.17) is 4.42 Å². The molecule has 1 aliphatic heterocycles. The molecule has 0 aliphatic carbocycles. The van der Waals surface area contributed by atoms with Crippen LogP contribution in [0.5, 0.6) is 0 Å². The molecule has 0 saturated carbocycles. The number of nitrogens with zero attached hydrogens (tertiary/aromatic N) is 3. The lowest BCUT2D eigenvalue weighted by atomic mass is 10.1. The summed E-state index contributed by atoms with van der Waals surface area (Å²) >= 11 is 0. The van der Waals surface area contributed by atoms with E-state index >= 15 is 0 Å². The molecule has 0 spiro atoms. The first kappa shape index (κ1) is 23.2. The smallest absolute Gasteiger partial charge is 0.243 e. The Labute approximate surface area is 202 Å². The lowest BCUT2D eigenvalue weighted by Crippen LogP contribution is -2.50. The third-order valence-corrected chi connectivity index (χ3v) is 8.08. The molecule has 3 aromatic carbocycles. The molecule has 1 amide bonds. The van der Waals surface area contributed by atoms with Crippen LogP contribution in [-0.4, -0.2) is 54.7 Å². The van der Waals surface area contributed by atoms with Crippen LogP contribution in [0.25, 0.3) is 22.1 Å². The van der Waals surface area contributed by atoms with Crippen molar-refractivity contribution < 1.29 is 22.0 Å². The van der Waals surface area contributed by atoms with Gasteiger partial charge < -0.3 is 9.32 Å². The maximum Gasteiger partial charge on any atom is 0.243 e. The van der Waals surface area contributed by atoms with Crippen molar-refractivity contribution in [2.45, 2.75) is 17.7 Å². The zero-order valence-electron chi connectivity index (χ0n) is 18.9. The molecule has 4 aromatic rings. The Bertz CT molecular complexity index is 1460. The van der Waals surface area contributed by atoms with Gasteiger partial charge in [0.15, 0.2) is 11.7 Å². The Kier molecular flexibility index (Phi) is 6.36. The van der Waals surface area contributed by atoms with Crippen molar-refractivity contribution in [3.05, 3.63) is 84.6 Å². The van der Waals surface area contributed by atoms with Gasteiger partial charge in [0, 0.05) is 44.6 Å². The third kappa shape index (κ3) is 4.96. The van der Waals surface area contributed by atoms with Crippen molar-refractivity contribution in [1.82, 2.24) is 14.2 Å². The third-order valence-electron chi connectivity index (χ3n) is 6.19.